The van der Waals surface area contributed by atoms with Gasteiger partial charge in [-0.15, -0.1) is 0 Å². The lowest BCUT2D eigenvalue weighted by molar-refractivity contribution is -0.142. The first-order valence-electron chi connectivity index (χ1n) is 14.0. The Morgan fingerprint density at radius 2 is 1.60 bits per heavy atom. The second-order valence-electron chi connectivity index (χ2n) is 11.1. The maximum absolute atomic E-state index is 14.2. The van der Waals surface area contributed by atoms with E-state index in [0.29, 0.717) is 17.2 Å². The number of likely N-dealkylation sites (tertiary alicyclic amines) is 1. The van der Waals surface area contributed by atoms with Crippen molar-refractivity contribution in [2.45, 2.75) is 62.4 Å². The summed E-state index contributed by atoms with van der Waals surface area (Å²) in [6.07, 6.45) is 8.26. The highest BCUT2D eigenvalue weighted by Gasteiger charge is 2.72. The van der Waals surface area contributed by atoms with Crippen molar-refractivity contribution in [3.8, 4) is 11.5 Å². The fraction of sp³-hybridized carbons (Fsp3) is 0.452. The molecule has 0 radical (unpaired) electrons. The Morgan fingerprint density at radius 3 is 2.25 bits per heavy atom. The van der Waals surface area contributed by atoms with Gasteiger partial charge in [0.1, 0.15) is 23.1 Å². The van der Waals surface area contributed by atoms with E-state index in [1.54, 1.807) is 43.4 Å². The van der Waals surface area contributed by atoms with E-state index in [2.05, 4.69) is 10.6 Å². The molecule has 2 aromatic rings. The first-order valence-corrected chi connectivity index (χ1v) is 14.0. The maximum Gasteiger partial charge on any atom is 0.246 e. The Bertz CT molecular complexity index is 1300. The first kappa shape index (κ1) is 26.4. The van der Waals surface area contributed by atoms with Gasteiger partial charge in [-0.1, -0.05) is 43.5 Å². The third-order valence-electron chi connectivity index (χ3n) is 8.75. The molecule has 5 atom stereocenters. The van der Waals surface area contributed by atoms with Gasteiger partial charge in [-0.05, 0) is 54.8 Å². The molecule has 0 unspecified atom stereocenters. The summed E-state index contributed by atoms with van der Waals surface area (Å²) in [6.45, 7) is 0.221. The van der Waals surface area contributed by atoms with Crippen molar-refractivity contribution in [2.24, 2.45) is 11.8 Å². The fourth-order valence-electron chi connectivity index (χ4n) is 6.79. The molecule has 4 aliphatic rings. The van der Waals surface area contributed by atoms with Crippen molar-refractivity contribution < 1.29 is 28.6 Å². The number of hydrogen-bond donors (Lipinski definition) is 2. The number of methoxy groups -OCH3 is 2. The molecule has 2 saturated heterocycles. The van der Waals surface area contributed by atoms with Crippen LogP contribution in [-0.2, 0) is 25.7 Å². The molecule has 40 heavy (non-hydrogen) atoms. The highest BCUT2D eigenvalue weighted by Crippen LogP contribution is 2.55. The summed E-state index contributed by atoms with van der Waals surface area (Å²) in [7, 11) is 3.18. The second-order valence-corrected chi connectivity index (χ2v) is 11.1. The molecule has 2 bridgehead atoms. The largest absolute Gasteiger partial charge is 0.497 e. The van der Waals surface area contributed by atoms with Crippen LogP contribution in [0.25, 0.3) is 0 Å². The predicted octanol–water partition coefficient (Wildman–Crippen LogP) is 3.44. The number of hydrogen-bond acceptors (Lipinski definition) is 6. The van der Waals surface area contributed by atoms with Crippen LogP contribution >= 0.6 is 0 Å². The number of nitrogens with zero attached hydrogens (tertiary/aromatic N) is 1. The molecule has 3 aliphatic heterocycles. The van der Waals surface area contributed by atoms with E-state index >= 15 is 0 Å². The standard InChI is InChI=1S/C31H35N3O6/c1-38-22-12-8-19(9-13-22)18-34-27(29(36)33-20-6-4-3-5-7-20)31-17-16-24(40-31)25(26(31)30(34)37)28(35)32-21-10-14-23(39-2)15-11-21/h8-17,20,24-27H,3-7,18H2,1-2H3,(H,32,35)(H,33,36)/t24-,25-,26-,27-,31+/m1/s1. The van der Waals surface area contributed by atoms with Gasteiger partial charge in [0.25, 0.3) is 0 Å². The number of amides is 3. The molecule has 1 aliphatic carbocycles. The van der Waals surface area contributed by atoms with E-state index in [0.717, 1.165) is 31.2 Å². The second kappa shape index (κ2) is 10.6. The zero-order chi connectivity index (χ0) is 27.9. The van der Waals surface area contributed by atoms with Gasteiger partial charge >= 0.3 is 0 Å². The van der Waals surface area contributed by atoms with E-state index in [4.69, 9.17) is 14.2 Å². The van der Waals surface area contributed by atoms with Crippen LogP contribution in [0.3, 0.4) is 0 Å². The Labute approximate surface area is 233 Å². The number of ether oxygens (including phenoxy) is 3. The molecule has 0 aromatic heterocycles. The van der Waals surface area contributed by atoms with Gasteiger partial charge in [-0.25, -0.2) is 0 Å². The molecule has 210 valence electrons. The van der Waals surface area contributed by atoms with E-state index in [1.807, 2.05) is 36.4 Å². The minimum atomic E-state index is -1.20. The van der Waals surface area contributed by atoms with Crippen molar-refractivity contribution in [3.63, 3.8) is 0 Å². The molecular formula is C31H35N3O6. The van der Waals surface area contributed by atoms with E-state index in [1.165, 1.54) is 6.42 Å². The topological polar surface area (TPSA) is 106 Å². The highest BCUT2D eigenvalue weighted by atomic mass is 16.5. The van der Waals surface area contributed by atoms with Gasteiger partial charge in [0.05, 0.1) is 32.2 Å². The maximum atomic E-state index is 14.2. The predicted molar refractivity (Wildman–Crippen MR) is 148 cm³/mol. The molecule has 6 rings (SSSR count). The van der Waals surface area contributed by atoms with Gasteiger partial charge in [0.15, 0.2) is 0 Å². The van der Waals surface area contributed by atoms with Crippen LogP contribution < -0.4 is 20.1 Å². The Balaban J connectivity index is 1.30. The summed E-state index contributed by atoms with van der Waals surface area (Å²) in [5, 5.41) is 6.16. The molecule has 9 nitrogen and oxygen atoms in total. The average molecular weight is 546 g/mol. The summed E-state index contributed by atoms with van der Waals surface area (Å²) < 4.78 is 16.9. The molecule has 2 aromatic carbocycles. The fourth-order valence-corrected chi connectivity index (χ4v) is 6.79. The molecule has 3 fully saturated rings. The van der Waals surface area contributed by atoms with Crippen LogP contribution in [0.1, 0.15) is 37.7 Å². The minimum absolute atomic E-state index is 0.0754. The summed E-state index contributed by atoms with van der Waals surface area (Å²) in [5.41, 5.74) is 0.256. The Hall–Kier alpha value is -3.85. The highest BCUT2D eigenvalue weighted by molar-refractivity contribution is 6.02. The molecule has 2 N–H and O–H groups in total. The lowest BCUT2D eigenvalue weighted by Crippen LogP contribution is -2.56. The SMILES string of the molecule is COc1ccc(CN2C(=O)[C@H]3[C@H](C(=O)Nc4ccc(OC)cc4)[C@H]4C=C[C@@]3(O4)[C@H]2C(=O)NC2CCCCC2)cc1. The third-order valence-corrected chi connectivity index (χ3v) is 8.75. The zero-order valence-corrected chi connectivity index (χ0v) is 22.8. The Kier molecular flexibility index (Phi) is 7.00. The number of carbonyl (C=O) groups is 3. The van der Waals surface area contributed by atoms with Gasteiger partial charge in [0.2, 0.25) is 17.7 Å². The minimum Gasteiger partial charge on any atom is -0.497 e. The van der Waals surface area contributed by atoms with Gasteiger partial charge < -0.3 is 29.7 Å². The normalized spacial score (nSPS) is 28.9. The zero-order valence-electron chi connectivity index (χ0n) is 22.8. The van der Waals surface area contributed by atoms with Crippen LogP contribution in [0, 0.1) is 11.8 Å². The van der Waals surface area contributed by atoms with Crippen LogP contribution in [0.15, 0.2) is 60.7 Å². The first-order chi connectivity index (χ1) is 19.4. The summed E-state index contributed by atoms with van der Waals surface area (Å²) >= 11 is 0. The van der Waals surface area contributed by atoms with Crippen molar-refractivity contribution in [2.75, 3.05) is 19.5 Å². The molecular weight excluding hydrogens is 510 g/mol. The monoisotopic (exact) mass is 545 g/mol. The van der Waals surface area contributed by atoms with Crippen molar-refractivity contribution in [3.05, 3.63) is 66.2 Å². The number of carbonyl (C=O) groups excluding carboxylic acids is 3. The summed E-state index contributed by atoms with van der Waals surface area (Å²) in [4.78, 5) is 43.4. The van der Waals surface area contributed by atoms with Crippen LogP contribution in [0.4, 0.5) is 5.69 Å². The van der Waals surface area contributed by atoms with E-state index in [-0.39, 0.29) is 30.3 Å². The molecule has 1 saturated carbocycles. The van der Waals surface area contributed by atoms with E-state index < -0.39 is 29.6 Å². The number of anilines is 1. The van der Waals surface area contributed by atoms with Crippen LogP contribution in [-0.4, -0.2) is 60.6 Å². The third kappa shape index (κ3) is 4.52. The number of fused-ring (bicyclic) bond motifs is 1. The Morgan fingerprint density at radius 1 is 0.950 bits per heavy atom. The van der Waals surface area contributed by atoms with E-state index in [9.17, 15) is 14.4 Å². The summed E-state index contributed by atoms with van der Waals surface area (Å²) in [6, 6.07) is 13.7. The molecule has 3 heterocycles. The molecule has 3 amide bonds. The summed E-state index contributed by atoms with van der Waals surface area (Å²) in [5.74, 6) is -0.961. The number of rotatable bonds is 8. The van der Waals surface area contributed by atoms with Crippen LogP contribution in [0.5, 0.6) is 11.5 Å². The lowest BCUT2D eigenvalue weighted by atomic mass is 9.74. The lowest BCUT2D eigenvalue weighted by Gasteiger charge is -2.34. The number of benzene rings is 2. The molecule has 9 heteroatoms. The molecule has 1 spiro atoms. The van der Waals surface area contributed by atoms with Gasteiger partial charge in [-0.2, -0.15) is 0 Å². The number of nitrogens with one attached hydrogen (secondary N) is 2. The van der Waals surface area contributed by atoms with Crippen molar-refractivity contribution in [1.29, 1.82) is 0 Å². The van der Waals surface area contributed by atoms with Crippen molar-refractivity contribution >= 4 is 23.4 Å². The van der Waals surface area contributed by atoms with Crippen molar-refractivity contribution in [1.82, 2.24) is 10.2 Å². The van der Waals surface area contributed by atoms with Gasteiger partial charge in [-0.3, -0.25) is 14.4 Å². The average Bonchev–Trinajstić information content (AvgIpc) is 3.62. The quantitative estimate of drug-likeness (QED) is 0.493. The van der Waals surface area contributed by atoms with Gasteiger partial charge in [0, 0.05) is 18.3 Å². The van der Waals surface area contributed by atoms with Crippen LogP contribution in [0.2, 0.25) is 0 Å². The smallest absolute Gasteiger partial charge is 0.246 e.